The van der Waals surface area contributed by atoms with Gasteiger partial charge >= 0.3 is 0 Å². The zero-order valence-electron chi connectivity index (χ0n) is 18.0. The van der Waals surface area contributed by atoms with Crippen molar-refractivity contribution < 1.29 is 13.2 Å². The number of nitrogens with zero attached hydrogens (tertiary/aromatic N) is 2. The predicted molar refractivity (Wildman–Crippen MR) is 126 cm³/mol. The maximum absolute atomic E-state index is 13.0. The van der Waals surface area contributed by atoms with Crippen LogP contribution in [0.25, 0.3) is 0 Å². The molecule has 31 heavy (non-hydrogen) atoms. The Kier molecular flexibility index (Phi) is 7.04. The summed E-state index contributed by atoms with van der Waals surface area (Å²) in [6.07, 6.45) is 4.93. The molecule has 7 heteroatoms. The molecule has 1 saturated heterocycles. The second-order valence-corrected chi connectivity index (χ2v) is 11.8. The van der Waals surface area contributed by atoms with Crippen LogP contribution in [0.5, 0.6) is 0 Å². The van der Waals surface area contributed by atoms with Crippen molar-refractivity contribution in [2.45, 2.75) is 60.5 Å². The highest BCUT2D eigenvalue weighted by atomic mass is 32.2. The smallest absolute Gasteiger partial charge is 0.243 e. The molecular formula is C24H30N2O3S2. The summed E-state index contributed by atoms with van der Waals surface area (Å²) >= 11 is 1.83. The van der Waals surface area contributed by atoms with Gasteiger partial charge in [-0.1, -0.05) is 37.6 Å². The molecule has 2 aromatic carbocycles. The Bertz CT molecular complexity index is 1020. The maximum Gasteiger partial charge on any atom is 0.243 e. The lowest BCUT2D eigenvalue weighted by molar-refractivity contribution is -0.118. The van der Waals surface area contributed by atoms with E-state index in [1.54, 1.807) is 16.4 Å². The summed E-state index contributed by atoms with van der Waals surface area (Å²) in [5, 5.41) is 0.480. The van der Waals surface area contributed by atoms with Gasteiger partial charge in [0.05, 0.1) is 10.6 Å². The predicted octanol–water partition coefficient (Wildman–Crippen LogP) is 4.71. The van der Waals surface area contributed by atoms with Crippen LogP contribution in [0.15, 0.2) is 58.3 Å². The van der Waals surface area contributed by atoms with Crippen molar-refractivity contribution in [2.75, 3.05) is 24.5 Å². The molecule has 0 N–H and O–H groups in total. The molecule has 1 fully saturated rings. The summed E-state index contributed by atoms with van der Waals surface area (Å²) in [6.45, 7) is 4.14. The van der Waals surface area contributed by atoms with Gasteiger partial charge in [0.25, 0.3) is 0 Å². The van der Waals surface area contributed by atoms with Crippen LogP contribution in [0.3, 0.4) is 0 Å². The van der Waals surface area contributed by atoms with Gasteiger partial charge in [0.15, 0.2) is 0 Å². The van der Waals surface area contributed by atoms with E-state index in [0.717, 1.165) is 48.4 Å². The molecule has 0 saturated carbocycles. The molecule has 4 rings (SSSR count). The number of rotatable bonds is 5. The fourth-order valence-corrected chi connectivity index (χ4v) is 6.84. The van der Waals surface area contributed by atoms with Gasteiger partial charge < -0.3 is 4.90 Å². The Labute approximate surface area is 189 Å². The highest BCUT2D eigenvalue weighted by Crippen LogP contribution is 2.37. The number of para-hydroxylation sites is 1. The number of hydrogen-bond donors (Lipinski definition) is 0. The highest BCUT2D eigenvalue weighted by molar-refractivity contribution is 8.00. The lowest BCUT2D eigenvalue weighted by Gasteiger charge is -2.26. The minimum absolute atomic E-state index is 0.118. The summed E-state index contributed by atoms with van der Waals surface area (Å²) < 4.78 is 27.2. The number of sulfonamides is 1. The number of fused-ring (bicyclic) bond motifs is 1. The van der Waals surface area contributed by atoms with Crippen LogP contribution in [0.1, 0.15) is 44.6 Å². The van der Waals surface area contributed by atoms with E-state index in [4.69, 9.17) is 0 Å². The van der Waals surface area contributed by atoms with Gasteiger partial charge in [-0.3, -0.25) is 4.79 Å². The first-order valence-electron chi connectivity index (χ1n) is 11.1. The first kappa shape index (κ1) is 22.4. The largest absolute Gasteiger partial charge is 0.311 e. The number of piperidine rings is 1. The molecule has 0 spiro atoms. The van der Waals surface area contributed by atoms with Crippen molar-refractivity contribution in [3.8, 4) is 0 Å². The van der Waals surface area contributed by atoms with Crippen molar-refractivity contribution in [3.05, 3.63) is 54.1 Å². The summed E-state index contributed by atoms with van der Waals surface area (Å²) in [5.74, 6) is 0.118. The Morgan fingerprint density at radius 3 is 2.45 bits per heavy atom. The molecule has 0 aromatic heterocycles. The number of thioether (sulfide) groups is 1. The van der Waals surface area contributed by atoms with Crippen LogP contribution in [0.4, 0.5) is 5.69 Å². The van der Waals surface area contributed by atoms with E-state index >= 15 is 0 Å². The lowest BCUT2D eigenvalue weighted by Crippen LogP contribution is -2.35. The number of carbonyl (C=O) groups excluding carboxylic acids is 1. The van der Waals surface area contributed by atoms with Crippen molar-refractivity contribution in [1.29, 1.82) is 0 Å². The fourth-order valence-electron chi connectivity index (χ4n) is 4.21. The van der Waals surface area contributed by atoms with Crippen LogP contribution in [-0.4, -0.2) is 43.5 Å². The van der Waals surface area contributed by atoms with E-state index in [-0.39, 0.29) is 5.91 Å². The molecule has 1 unspecified atom stereocenters. The zero-order valence-corrected chi connectivity index (χ0v) is 19.6. The van der Waals surface area contributed by atoms with Crippen LogP contribution < -0.4 is 4.90 Å². The van der Waals surface area contributed by atoms with E-state index in [2.05, 4.69) is 13.0 Å². The molecule has 1 atom stereocenters. The lowest BCUT2D eigenvalue weighted by atomic mass is 10.1. The van der Waals surface area contributed by atoms with Gasteiger partial charge in [-0.05, 0) is 55.5 Å². The minimum atomic E-state index is -3.41. The SMILES string of the molecule is CC1CCN(C(=O)CCc2ccc(S(=O)(=O)N3CCCCC3)cc2)c2ccccc2S1. The molecule has 5 nitrogen and oxygen atoms in total. The summed E-state index contributed by atoms with van der Waals surface area (Å²) in [7, 11) is -3.41. The molecule has 2 aliphatic heterocycles. The maximum atomic E-state index is 13.0. The average molecular weight is 459 g/mol. The topological polar surface area (TPSA) is 57.7 Å². The number of amides is 1. The molecule has 2 heterocycles. The second-order valence-electron chi connectivity index (χ2n) is 8.34. The average Bonchev–Trinajstić information content (AvgIpc) is 2.96. The van der Waals surface area contributed by atoms with Gasteiger partial charge in [0, 0.05) is 36.2 Å². The number of anilines is 1. The van der Waals surface area contributed by atoms with E-state index in [1.807, 2.05) is 47.0 Å². The number of aryl methyl sites for hydroxylation is 1. The van der Waals surface area contributed by atoms with Crippen molar-refractivity contribution in [2.24, 2.45) is 0 Å². The molecular weight excluding hydrogens is 428 g/mol. The minimum Gasteiger partial charge on any atom is -0.311 e. The van der Waals surface area contributed by atoms with Crippen LogP contribution in [-0.2, 0) is 21.2 Å². The molecule has 2 aliphatic rings. The van der Waals surface area contributed by atoms with E-state index in [1.165, 1.54) is 0 Å². The number of hydrogen-bond acceptors (Lipinski definition) is 4. The normalized spacial score (nSPS) is 20.2. The Morgan fingerprint density at radius 2 is 1.71 bits per heavy atom. The van der Waals surface area contributed by atoms with Gasteiger partial charge in [-0.25, -0.2) is 8.42 Å². The third kappa shape index (κ3) is 5.16. The third-order valence-corrected chi connectivity index (χ3v) is 9.20. The Balaban J connectivity index is 1.41. The summed E-state index contributed by atoms with van der Waals surface area (Å²) in [6, 6.07) is 15.2. The summed E-state index contributed by atoms with van der Waals surface area (Å²) in [5.41, 5.74) is 1.99. The second kappa shape index (κ2) is 9.76. The number of carbonyl (C=O) groups is 1. The van der Waals surface area contributed by atoms with Crippen LogP contribution >= 0.6 is 11.8 Å². The first-order chi connectivity index (χ1) is 14.9. The highest BCUT2D eigenvalue weighted by Gasteiger charge is 2.26. The Hall–Kier alpha value is -1.83. The summed E-state index contributed by atoms with van der Waals surface area (Å²) in [4.78, 5) is 16.5. The van der Waals surface area contributed by atoms with E-state index in [9.17, 15) is 13.2 Å². The Morgan fingerprint density at radius 1 is 1.00 bits per heavy atom. The standard InChI is InChI=1S/C24H30N2O3S2/c1-19-15-18-26(22-7-3-4-8-23(22)30-19)24(27)14-11-20-9-12-21(13-10-20)31(28,29)25-16-5-2-6-17-25/h3-4,7-10,12-13,19H,2,5-6,11,14-18H2,1H3. The third-order valence-electron chi connectivity index (χ3n) is 6.05. The number of benzene rings is 2. The first-order valence-corrected chi connectivity index (χ1v) is 13.4. The monoisotopic (exact) mass is 458 g/mol. The van der Waals surface area contributed by atoms with Gasteiger partial charge in [-0.2, -0.15) is 4.31 Å². The molecule has 0 bridgehead atoms. The van der Waals surface area contributed by atoms with Crippen molar-refractivity contribution in [1.82, 2.24) is 4.31 Å². The van der Waals surface area contributed by atoms with Gasteiger partial charge in [0.1, 0.15) is 0 Å². The molecule has 166 valence electrons. The van der Waals surface area contributed by atoms with Crippen molar-refractivity contribution >= 4 is 33.4 Å². The molecule has 0 radical (unpaired) electrons. The van der Waals surface area contributed by atoms with Crippen molar-refractivity contribution in [3.63, 3.8) is 0 Å². The van der Waals surface area contributed by atoms with Gasteiger partial charge in [0.2, 0.25) is 15.9 Å². The molecule has 2 aromatic rings. The van der Waals surface area contributed by atoms with E-state index < -0.39 is 10.0 Å². The van der Waals surface area contributed by atoms with Gasteiger partial charge in [-0.15, -0.1) is 11.8 Å². The van der Waals surface area contributed by atoms with E-state index in [0.29, 0.717) is 36.1 Å². The zero-order chi connectivity index (χ0) is 21.8. The molecule has 1 amide bonds. The molecule has 0 aliphatic carbocycles. The van der Waals surface area contributed by atoms with Crippen LogP contribution in [0, 0.1) is 0 Å². The quantitative estimate of drug-likeness (QED) is 0.651. The fraction of sp³-hybridized carbons (Fsp3) is 0.458. The van der Waals surface area contributed by atoms with Crippen LogP contribution in [0.2, 0.25) is 0 Å².